The van der Waals surface area contributed by atoms with E-state index < -0.39 is 12.1 Å². The van der Waals surface area contributed by atoms with E-state index in [1.807, 2.05) is 6.07 Å². The van der Waals surface area contributed by atoms with Gasteiger partial charge in [0, 0.05) is 37.6 Å². The van der Waals surface area contributed by atoms with Crippen LogP contribution in [0.4, 0.5) is 0 Å². The van der Waals surface area contributed by atoms with Crippen LogP contribution in [0.2, 0.25) is 0 Å². The third-order valence-electron chi connectivity index (χ3n) is 3.45. The van der Waals surface area contributed by atoms with Crippen molar-refractivity contribution in [1.82, 2.24) is 9.80 Å². The van der Waals surface area contributed by atoms with Crippen molar-refractivity contribution in [2.75, 3.05) is 26.2 Å². The minimum Gasteiger partial charge on any atom is -0.477 e. The van der Waals surface area contributed by atoms with Crippen LogP contribution in [-0.4, -0.2) is 64.2 Å². The number of piperazine rings is 1. The monoisotopic (exact) mass is 312 g/mol. The number of carboxylic acid groups (broad SMARTS) is 1. The number of rotatable bonds is 5. The van der Waals surface area contributed by atoms with Crippen molar-refractivity contribution in [3.8, 4) is 0 Å². The largest absolute Gasteiger partial charge is 0.477 e. The first kappa shape index (κ1) is 15.9. The molecule has 2 N–H and O–H groups in total. The van der Waals surface area contributed by atoms with Crippen molar-refractivity contribution in [3.63, 3.8) is 0 Å². The van der Waals surface area contributed by atoms with Gasteiger partial charge in [0.2, 0.25) is 5.91 Å². The van der Waals surface area contributed by atoms with Crippen LogP contribution in [0.5, 0.6) is 0 Å². The van der Waals surface area contributed by atoms with Crippen LogP contribution in [0.3, 0.4) is 0 Å². The van der Waals surface area contributed by atoms with E-state index in [0.717, 1.165) is 24.5 Å². The Balaban J connectivity index is 1.81. The lowest BCUT2D eigenvalue weighted by Crippen LogP contribution is -2.48. The zero-order chi connectivity index (χ0) is 15.4. The molecule has 1 aromatic rings. The Morgan fingerprint density at radius 2 is 1.95 bits per heavy atom. The molecule has 1 saturated heterocycles. The van der Waals surface area contributed by atoms with Crippen LogP contribution in [0.25, 0.3) is 0 Å². The highest BCUT2D eigenvalue weighted by Gasteiger charge is 2.22. The molecule has 0 aliphatic carbocycles. The molecular formula is C14H20N2O4S. The van der Waals surface area contributed by atoms with Crippen LogP contribution in [0.1, 0.15) is 27.9 Å². The van der Waals surface area contributed by atoms with Crippen LogP contribution >= 0.6 is 11.3 Å². The standard InChI is InChI=1S/C14H20N2O4S/c1-10(17)8-13(18)16-6-4-15(5-7-16)9-11-2-3-12(21-11)14(19)20/h2-3,10,17H,4-9H2,1H3,(H,19,20). The van der Waals surface area contributed by atoms with E-state index >= 15 is 0 Å². The van der Waals surface area contributed by atoms with Gasteiger partial charge in [0.15, 0.2) is 0 Å². The van der Waals surface area contributed by atoms with E-state index in [4.69, 9.17) is 5.11 Å². The second kappa shape index (κ2) is 7.02. The van der Waals surface area contributed by atoms with Crippen LogP contribution < -0.4 is 0 Å². The summed E-state index contributed by atoms with van der Waals surface area (Å²) in [5, 5.41) is 18.1. The second-order valence-corrected chi connectivity index (χ2v) is 6.45. The van der Waals surface area contributed by atoms with Gasteiger partial charge >= 0.3 is 5.97 Å². The van der Waals surface area contributed by atoms with Gasteiger partial charge in [-0.1, -0.05) is 0 Å². The summed E-state index contributed by atoms with van der Waals surface area (Å²) >= 11 is 1.30. The molecule has 1 amide bonds. The van der Waals surface area contributed by atoms with E-state index in [0.29, 0.717) is 18.0 Å². The highest BCUT2D eigenvalue weighted by Crippen LogP contribution is 2.19. The van der Waals surface area contributed by atoms with Crippen molar-refractivity contribution in [2.45, 2.75) is 26.0 Å². The average molecular weight is 312 g/mol. The third-order valence-corrected chi connectivity index (χ3v) is 4.50. The van der Waals surface area contributed by atoms with Crippen LogP contribution in [0.15, 0.2) is 12.1 Å². The Morgan fingerprint density at radius 3 is 2.48 bits per heavy atom. The van der Waals surface area contributed by atoms with Gasteiger partial charge in [0.1, 0.15) is 4.88 Å². The Hall–Kier alpha value is -1.44. The Morgan fingerprint density at radius 1 is 1.29 bits per heavy atom. The number of carbonyl (C=O) groups is 2. The molecule has 2 heterocycles. The van der Waals surface area contributed by atoms with Gasteiger partial charge in [0.05, 0.1) is 12.5 Å². The first-order chi connectivity index (χ1) is 9.95. The summed E-state index contributed by atoms with van der Waals surface area (Å²) in [6.45, 7) is 5.19. The molecule has 0 spiro atoms. The molecule has 21 heavy (non-hydrogen) atoms. The number of carboxylic acids is 1. The number of amides is 1. The lowest BCUT2D eigenvalue weighted by Gasteiger charge is -2.34. The summed E-state index contributed by atoms with van der Waals surface area (Å²) in [4.78, 5) is 28.1. The molecule has 0 saturated carbocycles. The molecular weight excluding hydrogens is 292 g/mol. The van der Waals surface area contributed by atoms with Gasteiger partial charge in [-0.3, -0.25) is 9.69 Å². The summed E-state index contributed by atoms with van der Waals surface area (Å²) in [6, 6.07) is 3.48. The number of hydrogen-bond acceptors (Lipinski definition) is 5. The molecule has 1 atom stereocenters. The van der Waals surface area contributed by atoms with Gasteiger partial charge in [-0.15, -0.1) is 11.3 Å². The maximum atomic E-state index is 11.8. The third kappa shape index (κ3) is 4.52. The number of thiophene rings is 1. The molecule has 0 aromatic carbocycles. The Kier molecular flexibility index (Phi) is 5.33. The first-order valence-electron chi connectivity index (χ1n) is 6.96. The molecule has 1 aromatic heterocycles. The number of hydrogen-bond donors (Lipinski definition) is 2. The number of aliphatic hydroxyl groups is 1. The number of aromatic carboxylic acids is 1. The Labute approximate surface area is 127 Å². The van der Waals surface area contributed by atoms with Crippen LogP contribution in [0, 0.1) is 0 Å². The van der Waals surface area contributed by atoms with Crippen molar-refractivity contribution in [3.05, 3.63) is 21.9 Å². The molecule has 116 valence electrons. The SMILES string of the molecule is CC(O)CC(=O)N1CCN(Cc2ccc(C(=O)O)s2)CC1. The van der Waals surface area contributed by atoms with E-state index in [1.54, 1.807) is 17.9 Å². The fraction of sp³-hybridized carbons (Fsp3) is 0.571. The summed E-state index contributed by atoms with van der Waals surface area (Å²) in [6.07, 6.45) is -0.427. The molecule has 0 radical (unpaired) electrons. The Bertz CT molecular complexity index is 507. The molecule has 0 bridgehead atoms. The maximum Gasteiger partial charge on any atom is 0.345 e. The molecule has 1 unspecified atom stereocenters. The summed E-state index contributed by atoms with van der Waals surface area (Å²) in [5.41, 5.74) is 0. The normalized spacial score (nSPS) is 17.7. The molecule has 1 fully saturated rings. The van der Waals surface area contributed by atoms with Gasteiger partial charge < -0.3 is 15.1 Å². The highest BCUT2D eigenvalue weighted by atomic mass is 32.1. The smallest absolute Gasteiger partial charge is 0.345 e. The molecule has 1 aliphatic rings. The van der Waals surface area contributed by atoms with Crippen molar-refractivity contribution < 1.29 is 19.8 Å². The quantitative estimate of drug-likeness (QED) is 0.843. The molecule has 2 rings (SSSR count). The first-order valence-corrected chi connectivity index (χ1v) is 7.77. The predicted octanol–water partition coefficient (Wildman–Crippen LogP) is 0.861. The summed E-state index contributed by atoms with van der Waals surface area (Å²) in [5.74, 6) is -0.895. The highest BCUT2D eigenvalue weighted by molar-refractivity contribution is 7.13. The van der Waals surface area contributed by atoms with Gasteiger partial charge in [-0.05, 0) is 19.1 Å². The minimum atomic E-state index is -0.889. The molecule has 7 heteroatoms. The number of nitrogens with zero attached hydrogens (tertiary/aromatic N) is 2. The van der Waals surface area contributed by atoms with Gasteiger partial charge in [-0.2, -0.15) is 0 Å². The topological polar surface area (TPSA) is 81.1 Å². The van der Waals surface area contributed by atoms with Crippen LogP contribution in [-0.2, 0) is 11.3 Å². The lowest BCUT2D eigenvalue weighted by atomic mass is 10.2. The fourth-order valence-corrected chi connectivity index (χ4v) is 3.22. The molecule has 1 aliphatic heterocycles. The van der Waals surface area contributed by atoms with Gasteiger partial charge in [-0.25, -0.2) is 4.79 Å². The second-order valence-electron chi connectivity index (χ2n) is 5.28. The van der Waals surface area contributed by atoms with Crippen molar-refractivity contribution >= 4 is 23.2 Å². The number of aliphatic hydroxyl groups excluding tert-OH is 1. The minimum absolute atomic E-state index is 0.00561. The van der Waals surface area contributed by atoms with Crippen molar-refractivity contribution in [1.29, 1.82) is 0 Å². The average Bonchev–Trinajstić information content (AvgIpc) is 2.87. The fourth-order valence-electron chi connectivity index (χ4n) is 2.34. The maximum absolute atomic E-state index is 11.8. The van der Waals surface area contributed by atoms with Crippen molar-refractivity contribution in [2.24, 2.45) is 0 Å². The zero-order valence-corrected chi connectivity index (χ0v) is 12.8. The summed E-state index contributed by atoms with van der Waals surface area (Å²) in [7, 11) is 0. The number of carbonyl (C=O) groups excluding carboxylic acids is 1. The van der Waals surface area contributed by atoms with E-state index in [2.05, 4.69) is 4.90 Å². The van der Waals surface area contributed by atoms with E-state index in [1.165, 1.54) is 11.3 Å². The van der Waals surface area contributed by atoms with Gasteiger partial charge in [0.25, 0.3) is 0 Å². The lowest BCUT2D eigenvalue weighted by molar-refractivity contribution is -0.134. The zero-order valence-electron chi connectivity index (χ0n) is 12.0. The predicted molar refractivity (Wildman–Crippen MR) is 79.4 cm³/mol. The van der Waals surface area contributed by atoms with E-state index in [-0.39, 0.29) is 12.3 Å². The summed E-state index contributed by atoms with van der Waals surface area (Å²) < 4.78 is 0. The molecule has 6 nitrogen and oxygen atoms in total. The van der Waals surface area contributed by atoms with E-state index in [9.17, 15) is 14.7 Å².